The zero-order chi connectivity index (χ0) is 23.9. The average Bonchev–Trinajstić information content (AvgIpc) is 3.25. The van der Waals surface area contributed by atoms with E-state index in [4.69, 9.17) is 21.1 Å². The molecule has 1 atom stereocenters. The topological polar surface area (TPSA) is 79.9 Å². The number of nitrogens with zero attached hydrogens (tertiary/aromatic N) is 1. The summed E-state index contributed by atoms with van der Waals surface area (Å²) in [6.45, 7) is 3.10. The summed E-state index contributed by atoms with van der Waals surface area (Å²) < 4.78 is 11.6. The molecule has 0 bridgehead atoms. The van der Waals surface area contributed by atoms with E-state index in [9.17, 15) is 9.59 Å². The molecule has 7 nitrogen and oxygen atoms in total. The van der Waals surface area contributed by atoms with Gasteiger partial charge in [-0.25, -0.2) is 0 Å². The molecule has 1 aliphatic rings. The van der Waals surface area contributed by atoms with Gasteiger partial charge in [-0.3, -0.25) is 20.4 Å². The third kappa shape index (κ3) is 5.80. The number of hydrogen-bond acceptors (Lipinski definition) is 5. The summed E-state index contributed by atoms with van der Waals surface area (Å²) in [4.78, 5) is 26.7. The van der Waals surface area contributed by atoms with Gasteiger partial charge >= 0.3 is 0 Å². The zero-order valence-corrected chi connectivity index (χ0v) is 19.5. The highest BCUT2D eigenvalue weighted by Crippen LogP contribution is 2.31. The van der Waals surface area contributed by atoms with Crippen LogP contribution in [0.3, 0.4) is 0 Å². The molecule has 0 spiro atoms. The molecule has 2 amide bonds. The van der Waals surface area contributed by atoms with Gasteiger partial charge in [0.05, 0.1) is 18.2 Å². The van der Waals surface area contributed by atoms with Crippen LogP contribution in [0.1, 0.15) is 18.9 Å². The number of ether oxygens (including phenoxy) is 2. The van der Waals surface area contributed by atoms with Crippen molar-refractivity contribution in [3.05, 3.63) is 83.4 Å². The molecule has 1 heterocycles. The Morgan fingerprint density at radius 3 is 2.53 bits per heavy atom. The van der Waals surface area contributed by atoms with Gasteiger partial charge in [0.15, 0.2) is 11.5 Å². The molecule has 176 valence electrons. The van der Waals surface area contributed by atoms with E-state index in [2.05, 4.69) is 10.9 Å². The van der Waals surface area contributed by atoms with Gasteiger partial charge < -0.3 is 14.4 Å². The Morgan fingerprint density at radius 2 is 1.79 bits per heavy atom. The SMILES string of the molecule is CCOc1cc(NNC(=O)[C@H]2CC(=O)N(c3ccc(Cl)cc3)C2)ccc1OCc1ccccc1. The molecule has 1 aliphatic heterocycles. The van der Waals surface area contributed by atoms with Gasteiger partial charge in [-0.15, -0.1) is 0 Å². The quantitative estimate of drug-likeness (QED) is 0.430. The summed E-state index contributed by atoms with van der Waals surface area (Å²) in [5.41, 5.74) is 8.04. The Balaban J connectivity index is 1.35. The average molecular weight is 480 g/mol. The molecular weight excluding hydrogens is 454 g/mol. The van der Waals surface area contributed by atoms with Crippen molar-refractivity contribution in [1.82, 2.24) is 5.43 Å². The Hall–Kier alpha value is -3.71. The first-order valence-corrected chi connectivity index (χ1v) is 11.5. The van der Waals surface area contributed by atoms with Gasteiger partial charge in [0, 0.05) is 29.7 Å². The largest absolute Gasteiger partial charge is 0.490 e. The van der Waals surface area contributed by atoms with E-state index in [1.54, 1.807) is 47.4 Å². The molecule has 4 rings (SSSR count). The van der Waals surface area contributed by atoms with E-state index in [1.807, 2.05) is 37.3 Å². The predicted octanol–water partition coefficient (Wildman–Crippen LogP) is 4.81. The lowest BCUT2D eigenvalue weighted by atomic mass is 10.1. The van der Waals surface area contributed by atoms with Crippen molar-refractivity contribution in [2.24, 2.45) is 5.92 Å². The van der Waals surface area contributed by atoms with E-state index in [1.165, 1.54) is 0 Å². The molecule has 3 aromatic rings. The minimum absolute atomic E-state index is 0.0963. The van der Waals surface area contributed by atoms with Crippen LogP contribution < -0.4 is 25.2 Å². The third-order valence-electron chi connectivity index (χ3n) is 5.44. The lowest BCUT2D eigenvalue weighted by Crippen LogP contribution is -2.36. The van der Waals surface area contributed by atoms with Crippen LogP contribution in [0.4, 0.5) is 11.4 Å². The third-order valence-corrected chi connectivity index (χ3v) is 5.70. The van der Waals surface area contributed by atoms with Crippen LogP contribution in [0, 0.1) is 5.92 Å². The van der Waals surface area contributed by atoms with E-state index < -0.39 is 5.92 Å². The Bertz CT molecular complexity index is 1140. The van der Waals surface area contributed by atoms with E-state index >= 15 is 0 Å². The summed E-state index contributed by atoms with van der Waals surface area (Å²) in [5, 5.41) is 0.594. The van der Waals surface area contributed by atoms with Crippen molar-refractivity contribution in [1.29, 1.82) is 0 Å². The molecule has 0 unspecified atom stereocenters. The van der Waals surface area contributed by atoms with Gasteiger partial charge in [0.1, 0.15) is 6.61 Å². The number of rotatable bonds is 9. The number of halogens is 1. The van der Waals surface area contributed by atoms with Crippen molar-refractivity contribution in [3.63, 3.8) is 0 Å². The van der Waals surface area contributed by atoms with Gasteiger partial charge in [-0.2, -0.15) is 0 Å². The first-order chi connectivity index (χ1) is 16.5. The fourth-order valence-electron chi connectivity index (χ4n) is 3.70. The maximum atomic E-state index is 12.7. The van der Waals surface area contributed by atoms with Gasteiger partial charge in [-0.05, 0) is 48.9 Å². The summed E-state index contributed by atoms with van der Waals surface area (Å²) in [6, 6.07) is 22.2. The summed E-state index contributed by atoms with van der Waals surface area (Å²) in [6.07, 6.45) is 0.145. The molecule has 1 saturated heterocycles. The van der Waals surface area contributed by atoms with Crippen LogP contribution >= 0.6 is 11.6 Å². The minimum Gasteiger partial charge on any atom is -0.490 e. The van der Waals surface area contributed by atoms with Gasteiger partial charge in [0.25, 0.3) is 0 Å². The fraction of sp³-hybridized carbons (Fsp3) is 0.231. The Kier molecular flexibility index (Phi) is 7.54. The summed E-state index contributed by atoms with van der Waals surface area (Å²) >= 11 is 5.93. The second-order valence-corrected chi connectivity index (χ2v) is 8.30. The molecule has 1 fully saturated rings. The maximum Gasteiger partial charge on any atom is 0.243 e. The minimum atomic E-state index is -0.462. The predicted molar refractivity (Wildman–Crippen MR) is 132 cm³/mol. The number of amides is 2. The smallest absolute Gasteiger partial charge is 0.243 e. The molecular formula is C26H26ClN3O4. The summed E-state index contributed by atoms with van der Waals surface area (Å²) in [7, 11) is 0. The number of carbonyl (C=O) groups excluding carboxylic acids is 2. The van der Waals surface area contributed by atoms with Gasteiger partial charge in [-0.1, -0.05) is 41.9 Å². The molecule has 0 radical (unpaired) electrons. The number of hydrazine groups is 1. The number of anilines is 2. The van der Waals surface area contributed by atoms with Crippen LogP contribution in [0.5, 0.6) is 11.5 Å². The molecule has 0 aromatic heterocycles. The lowest BCUT2D eigenvalue weighted by Gasteiger charge is -2.17. The van der Waals surface area contributed by atoms with Crippen LogP contribution in [0.25, 0.3) is 0 Å². The lowest BCUT2D eigenvalue weighted by molar-refractivity contribution is -0.125. The summed E-state index contributed by atoms with van der Waals surface area (Å²) in [5.74, 6) is 0.369. The molecule has 2 N–H and O–H groups in total. The molecule has 34 heavy (non-hydrogen) atoms. The van der Waals surface area contributed by atoms with E-state index in [-0.39, 0.29) is 18.2 Å². The number of benzene rings is 3. The second kappa shape index (κ2) is 10.9. The van der Waals surface area contributed by atoms with Crippen LogP contribution in [0.15, 0.2) is 72.8 Å². The second-order valence-electron chi connectivity index (χ2n) is 7.86. The first-order valence-electron chi connectivity index (χ1n) is 11.1. The standard InChI is InChI=1S/C26H26ClN3O4/c1-2-33-24-15-21(10-13-23(24)34-17-18-6-4-3-5-7-18)28-29-26(32)19-14-25(31)30(16-19)22-11-8-20(27)9-12-22/h3-13,15,19,28H,2,14,16-17H2,1H3,(H,29,32)/t19-/m0/s1. The normalized spacial score (nSPS) is 15.2. The van der Waals surface area contributed by atoms with Crippen molar-refractivity contribution >= 4 is 34.8 Å². The zero-order valence-electron chi connectivity index (χ0n) is 18.8. The van der Waals surface area contributed by atoms with E-state index in [0.29, 0.717) is 42.0 Å². The monoisotopic (exact) mass is 479 g/mol. The van der Waals surface area contributed by atoms with Crippen molar-refractivity contribution in [2.75, 3.05) is 23.5 Å². The van der Waals surface area contributed by atoms with Crippen molar-refractivity contribution in [2.45, 2.75) is 20.0 Å². The fourth-order valence-corrected chi connectivity index (χ4v) is 3.82. The highest BCUT2D eigenvalue weighted by molar-refractivity contribution is 6.30. The van der Waals surface area contributed by atoms with Gasteiger partial charge in [0.2, 0.25) is 11.8 Å². The van der Waals surface area contributed by atoms with Crippen molar-refractivity contribution in [3.8, 4) is 11.5 Å². The molecule has 0 aliphatic carbocycles. The van der Waals surface area contributed by atoms with Crippen LogP contribution in [-0.2, 0) is 16.2 Å². The number of carbonyl (C=O) groups is 2. The molecule has 3 aromatic carbocycles. The Labute approximate surface area is 203 Å². The number of hydrogen-bond donors (Lipinski definition) is 2. The highest BCUT2D eigenvalue weighted by Gasteiger charge is 2.35. The van der Waals surface area contributed by atoms with Crippen molar-refractivity contribution < 1.29 is 19.1 Å². The molecule has 0 saturated carbocycles. The molecule has 8 heteroatoms. The van der Waals surface area contributed by atoms with Crippen LogP contribution in [0.2, 0.25) is 5.02 Å². The van der Waals surface area contributed by atoms with E-state index in [0.717, 1.165) is 11.3 Å². The van der Waals surface area contributed by atoms with Crippen LogP contribution in [-0.4, -0.2) is 25.0 Å². The maximum absolute atomic E-state index is 12.7. The highest BCUT2D eigenvalue weighted by atomic mass is 35.5. The Morgan fingerprint density at radius 1 is 1.03 bits per heavy atom. The first kappa shape index (κ1) is 23.4. The number of nitrogens with one attached hydrogen (secondary N) is 2.